The minimum absolute atomic E-state index is 0.559. The van der Waals surface area contributed by atoms with Gasteiger partial charge in [0.2, 0.25) is 0 Å². The smallest absolute Gasteiger partial charge is 0.0108 e. The lowest BCUT2D eigenvalue weighted by molar-refractivity contribution is 0.0947. The molecule has 0 radical (unpaired) electrons. The van der Waals surface area contributed by atoms with Gasteiger partial charge in [-0.3, -0.25) is 4.90 Å². The summed E-state index contributed by atoms with van der Waals surface area (Å²) in [7, 11) is 0. The summed E-state index contributed by atoms with van der Waals surface area (Å²) in [5, 5.41) is 3.87. The molecule has 2 heteroatoms. The fourth-order valence-electron chi connectivity index (χ4n) is 4.27. The lowest BCUT2D eigenvalue weighted by Gasteiger charge is -2.43. The Labute approximate surface area is 132 Å². The van der Waals surface area contributed by atoms with Crippen LogP contribution in [0.15, 0.2) is 0 Å². The van der Waals surface area contributed by atoms with Gasteiger partial charge in [0.25, 0.3) is 0 Å². The summed E-state index contributed by atoms with van der Waals surface area (Å²) in [6.07, 6.45) is 11.4. The van der Waals surface area contributed by atoms with Gasteiger partial charge in [-0.2, -0.15) is 0 Å². The van der Waals surface area contributed by atoms with Crippen LogP contribution in [-0.2, 0) is 0 Å². The normalized spacial score (nSPS) is 32.6. The molecule has 0 spiro atoms. The molecule has 3 aliphatic carbocycles. The van der Waals surface area contributed by atoms with Gasteiger partial charge in [0.05, 0.1) is 0 Å². The number of nitrogens with zero attached hydrogens (tertiary/aromatic N) is 1. The van der Waals surface area contributed by atoms with Crippen molar-refractivity contribution in [2.75, 3.05) is 19.6 Å². The van der Waals surface area contributed by atoms with Crippen LogP contribution in [0.5, 0.6) is 0 Å². The molecule has 3 fully saturated rings. The van der Waals surface area contributed by atoms with E-state index in [-0.39, 0.29) is 0 Å². The zero-order valence-corrected chi connectivity index (χ0v) is 14.5. The van der Waals surface area contributed by atoms with Crippen LogP contribution in [-0.4, -0.2) is 36.6 Å². The first-order valence-electron chi connectivity index (χ1n) is 9.55. The van der Waals surface area contributed by atoms with Crippen molar-refractivity contribution in [3.8, 4) is 0 Å². The highest BCUT2D eigenvalue weighted by molar-refractivity contribution is 4.94. The zero-order chi connectivity index (χ0) is 14.9. The zero-order valence-electron chi connectivity index (χ0n) is 14.5. The van der Waals surface area contributed by atoms with Crippen LogP contribution in [0.1, 0.15) is 72.1 Å². The molecule has 3 saturated carbocycles. The van der Waals surface area contributed by atoms with Gasteiger partial charge in [-0.05, 0) is 75.2 Å². The van der Waals surface area contributed by atoms with Crippen molar-refractivity contribution >= 4 is 0 Å². The second-order valence-electron chi connectivity index (χ2n) is 8.86. The second-order valence-corrected chi connectivity index (χ2v) is 8.86. The van der Waals surface area contributed by atoms with Gasteiger partial charge in [0.1, 0.15) is 0 Å². The first kappa shape index (κ1) is 15.8. The lowest BCUT2D eigenvalue weighted by Crippen LogP contribution is -2.48. The summed E-state index contributed by atoms with van der Waals surface area (Å²) in [5.41, 5.74) is 0.559. The number of nitrogens with one attached hydrogen (secondary N) is 1. The first-order chi connectivity index (χ1) is 10.1. The van der Waals surface area contributed by atoms with E-state index in [0.29, 0.717) is 5.41 Å². The molecule has 0 amide bonds. The third kappa shape index (κ3) is 4.69. The van der Waals surface area contributed by atoms with Crippen LogP contribution in [0.2, 0.25) is 0 Å². The van der Waals surface area contributed by atoms with Crippen LogP contribution < -0.4 is 5.32 Å². The van der Waals surface area contributed by atoms with Gasteiger partial charge in [-0.1, -0.05) is 20.8 Å². The van der Waals surface area contributed by atoms with Crippen molar-refractivity contribution in [1.82, 2.24) is 10.2 Å². The molecule has 2 unspecified atom stereocenters. The molecular formula is C19H36N2. The summed E-state index contributed by atoms with van der Waals surface area (Å²) in [6, 6.07) is 1.72. The van der Waals surface area contributed by atoms with Crippen LogP contribution in [0.4, 0.5) is 0 Å². The molecule has 21 heavy (non-hydrogen) atoms. The van der Waals surface area contributed by atoms with E-state index < -0.39 is 0 Å². The van der Waals surface area contributed by atoms with Crippen molar-refractivity contribution in [3.05, 3.63) is 0 Å². The molecule has 0 aromatic carbocycles. The molecule has 0 saturated heterocycles. The minimum Gasteiger partial charge on any atom is -0.314 e. The van der Waals surface area contributed by atoms with E-state index in [4.69, 9.17) is 0 Å². The Balaban J connectivity index is 1.59. The molecule has 0 aliphatic heterocycles. The Morgan fingerprint density at radius 3 is 2.43 bits per heavy atom. The third-order valence-electron chi connectivity index (χ3n) is 5.89. The lowest BCUT2D eigenvalue weighted by atomic mass is 9.69. The average Bonchev–Trinajstić information content (AvgIpc) is 3.29. The standard InChI is InChI=1S/C19H36N2/c1-4-11-20-18-9-10-19(2,3)12-16(18)14-21(17-7-8-17)13-15-5-6-15/h15-18,20H,4-14H2,1-3H3. The summed E-state index contributed by atoms with van der Waals surface area (Å²) in [5.74, 6) is 1.92. The Morgan fingerprint density at radius 2 is 1.81 bits per heavy atom. The van der Waals surface area contributed by atoms with Crippen LogP contribution in [0, 0.1) is 17.3 Å². The van der Waals surface area contributed by atoms with Crippen molar-refractivity contribution in [1.29, 1.82) is 0 Å². The maximum atomic E-state index is 3.87. The van der Waals surface area contributed by atoms with Gasteiger partial charge in [-0.15, -0.1) is 0 Å². The summed E-state index contributed by atoms with van der Waals surface area (Å²) >= 11 is 0. The van der Waals surface area contributed by atoms with Crippen LogP contribution in [0.25, 0.3) is 0 Å². The van der Waals surface area contributed by atoms with Gasteiger partial charge in [-0.25, -0.2) is 0 Å². The Hall–Kier alpha value is -0.0800. The largest absolute Gasteiger partial charge is 0.314 e. The predicted molar refractivity (Wildman–Crippen MR) is 90.5 cm³/mol. The SMILES string of the molecule is CCCNC1CCC(C)(C)CC1CN(CC1CC1)C1CC1. The highest BCUT2D eigenvalue weighted by Crippen LogP contribution is 2.41. The van der Waals surface area contributed by atoms with Crippen LogP contribution >= 0.6 is 0 Å². The molecule has 122 valence electrons. The Kier molecular flexibility index (Phi) is 4.95. The van der Waals surface area contributed by atoms with Crippen LogP contribution in [0.3, 0.4) is 0 Å². The molecule has 2 nitrogen and oxygen atoms in total. The highest BCUT2D eigenvalue weighted by atomic mass is 15.2. The van der Waals surface area contributed by atoms with E-state index in [2.05, 4.69) is 31.0 Å². The number of hydrogen-bond donors (Lipinski definition) is 1. The van der Waals surface area contributed by atoms with E-state index in [1.807, 2.05) is 0 Å². The monoisotopic (exact) mass is 292 g/mol. The molecule has 0 heterocycles. The summed E-state index contributed by atoms with van der Waals surface area (Å²) < 4.78 is 0. The van der Waals surface area contributed by atoms with E-state index in [9.17, 15) is 0 Å². The van der Waals surface area contributed by atoms with Crippen molar-refractivity contribution in [2.45, 2.75) is 84.2 Å². The molecule has 3 aliphatic rings. The molecule has 0 aromatic heterocycles. The highest BCUT2D eigenvalue weighted by Gasteiger charge is 2.39. The predicted octanol–water partition coefficient (Wildman–Crippen LogP) is 4.06. The fraction of sp³-hybridized carbons (Fsp3) is 1.00. The van der Waals surface area contributed by atoms with Gasteiger partial charge >= 0.3 is 0 Å². The van der Waals surface area contributed by atoms with Crippen molar-refractivity contribution in [3.63, 3.8) is 0 Å². The van der Waals surface area contributed by atoms with E-state index >= 15 is 0 Å². The van der Waals surface area contributed by atoms with E-state index in [1.54, 1.807) is 0 Å². The number of rotatable bonds is 8. The molecule has 1 N–H and O–H groups in total. The second kappa shape index (κ2) is 6.58. The minimum atomic E-state index is 0.559. The molecule has 3 rings (SSSR count). The third-order valence-corrected chi connectivity index (χ3v) is 5.89. The van der Waals surface area contributed by atoms with Gasteiger partial charge in [0.15, 0.2) is 0 Å². The number of hydrogen-bond acceptors (Lipinski definition) is 2. The van der Waals surface area contributed by atoms with Gasteiger partial charge < -0.3 is 5.32 Å². The quantitative estimate of drug-likeness (QED) is 0.726. The summed E-state index contributed by atoms with van der Waals surface area (Å²) in [4.78, 5) is 2.88. The molecule has 0 bridgehead atoms. The average molecular weight is 293 g/mol. The Morgan fingerprint density at radius 1 is 1.05 bits per heavy atom. The molecule has 0 aromatic rings. The Bertz CT molecular complexity index is 330. The van der Waals surface area contributed by atoms with Gasteiger partial charge in [0, 0.05) is 25.2 Å². The van der Waals surface area contributed by atoms with Crippen molar-refractivity contribution < 1.29 is 0 Å². The molecular weight excluding hydrogens is 256 g/mol. The summed E-state index contributed by atoms with van der Waals surface area (Å²) in [6.45, 7) is 11.2. The first-order valence-corrected chi connectivity index (χ1v) is 9.55. The topological polar surface area (TPSA) is 15.3 Å². The van der Waals surface area contributed by atoms with E-state index in [1.165, 1.54) is 71.0 Å². The molecule has 2 atom stereocenters. The van der Waals surface area contributed by atoms with E-state index in [0.717, 1.165) is 23.9 Å². The van der Waals surface area contributed by atoms with Crippen molar-refractivity contribution in [2.24, 2.45) is 17.3 Å². The maximum absolute atomic E-state index is 3.87. The fourth-order valence-corrected chi connectivity index (χ4v) is 4.27. The maximum Gasteiger partial charge on any atom is 0.0108 e.